The molecule has 4 rings (SSSR count). The van der Waals surface area contributed by atoms with Crippen LogP contribution in [0.2, 0.25) is 0 Å². The molecule has 0 spiro atoms. The zero-order valence-corrected chi connectivity index (χ0v) is 13.8. The molecular weight excluding hydrogens is 347 g/mol. The van der Waals surface area contributed by atoms with Gasteiger partial charge in [-0.15, -0.1) is 0 Å². The van der Waals surface area contributed by atoms with Crippen LogP contribution in [0, 0.1) is 11.6 Å². The SMILES string of the molecule is COc1ccn2c(-c3nc(NC4CNCC4F)c(F)cc3F)cnc2c1. The number of ether oxygens (including phenoxy) is 1. The number of nitrogens with one attached hydrogen (secondary N) is 2. The highest BCUT2D eigenvalue weighted by Crippen LogP contribution is 2.27. The first-order chi connectivity index (χ1) is 12.6. The lowest BCUT2D eigenvalue weighted by atomic mass is 10.2. The molecule has 9 heteroatoms. The van der Waals surface area contributed by atoms with E-state index in [0.717, 1.165) is 6.07 Å². The molecule has 136 valence electrons. The van der Waals surface area contributed by atoms with Crippen molar-refractivity contribution in [1.29, 1.82) is 0 Å². The van der Waals surface area contributed by atoms with Crippen LogP contribution in [-0.2, 0) is 0 Å². The molecule has 2 N–H and O–H groups in total. The van der Waals surface area contributed by atoms with E-state index < -0.39 is 23.8 Å². The molecule has 1 saturated heterocycles. The van der Waals surface area contributed by atoms with Gasteiger partial charge in [-0.1, -0.05) is 0 Å². The zero-order chi connectivity index (χ0) is 18.3. The molecular formula is C17H16F3N5O. The van der Waals surface area contributed by atoms with Crippen LogP contribution in [0.3, 0.4) is 0 Å². The van der Waals surface area contributed by atoms with Crippen LogP contribution in [0.25, 0.3) is 17.0 Å². The highest BCUT2D eigenvalue weighted by atomic mass is 19.1. The Hall–Kier alpha value is -2.81. The summed E-state index contributed by atoms with van der Waals surface area (Å²) in [5.74, 6) is -1.29. The van der Waals surface area contributed by atoms with E-state index >= 15 is 0 Å². The molecule has 1 fully saturated rings. The number of imidazole rings is 1. The van der Waals surface area contributed by atoms with E-state index in [0.29, 0.717) is 23.6 Å². The molecule has 3 aromatic rings. The number of methoxy groups -OCH3 is 1. The lowest BCUT2D eigenvalue weighted by Crippen LogP contribution is -2.30. The van der Waals surface area contributed by atoms with Gasteiger partial charge in [-0.3, -0.25) is 4.40 Å². The summed E-state index contributed by atoms with van der Waals surface area (Å²) in [5.41, 5.74) is 0.806. The fourth-order valence-electron chi connectivity index (χ4n) is 2.98. The molecule has 2 atom stereocenters. The fraction of sp³-hybridized carbons (Fsp3) is 0.294. The number of hydrogen-bond acceptors (Lipinski definition) is 5. The second kappa shape index (κ2) is 6.49. The number of alkyl halides is 1. The summed E-state index contributed by atoms with van der Waals surface area (Å²) in [7, 11) is 1.53. The second-order valence-electron chi connectivity index (χ2n) is 6.01. The highest BCUT2D eigenvalue weighted by Gasteiger charge is 2.28. The zero-order valence-electron chi connectivity index (χ0n) is 13.8. The summed E-state index contributed by atoms with van der Waals surface area (Å²) < 4.78 is 49.0. The molecule has 0 bridgehead atoms. The minimum Gasteiger partial charge on any atom is -0.497 e. The van der Waals surface area contributed by atoms with Crippen LogP contribution in [-0.4, -0.2) is 46.8 Å². The Balaban J connectivity index is 1.75. The van der Waals surface area contributed by atoms with Crippen molar-refractivity contribution in [3.8, 4) is 17.1 Å². The molecule has 0 aliphatic carbocycles. The van der Waals surface area contributed by atoms with Gasteiger partial charge in [-0.05, 0) is 6.07 Å². The van der Waals surface area contributed by atoms with Crippen LogP contribution >= 0.6 is 0 Å². The van der Waals surface area contributed by atoms with Gasteiger partial charge in [-0.2, -0.15) is 0 Å². The normalized spacial score (nSPS) is 19.8. The Morgan fingerprint density at radius 1 is 1.27 bits per heavy atom. The highest BCUT2D eigenvalue weighted by molar-refractivity contribution is 5.63. The first-order valence-corrected chi connectivity index (χ1v) is 8.05. The number of pyridine rings is 2. The molecule has 26 heavy (non-hydrogen) atoms. The summed E-state index contributed by atoms with van der Waals surface area (Å²) in [5, 5.41) is 5.58. The minimum absolute atomic E-state index is 0.0760. The van der Waals surface area contributed by atoms with Crippen molar-refractivity contribution < 1.29 is 17.9 Å². The van der Waals surface area contributed by atoms with Crippen LogP contribution in [0.1, 0.15) is 0 Å². The van der Waals surface area contributed by atoms with Crippen molar-refractivity contribution in [2.24, 2.45) is 0 Å². The number of rotatable bonds is 4. The Kier molecular flexibility index (Phi) is 4.15. The van der Waals surface area contributed by atoms with Crippen LogP contribution < -0.4 is 15.4 Å². The fourth-order valence-corrected chi connectivity index (χ4v) is 2.98. The van der Waals surface area contributed by atoms with E-state index in [1.54, 1.807) is 22.7 Å². The second-order valence-corrected chi connectivity index (χ2v) is 6.01. The van der Waals surface area contributed by atoms with Crippen molar-refractivity contribution in [2.45, 2.75) is 12.2 Å². The smallest absolute Gasteiger partial charge is 0.168 e. The number of halogens is 3. The van der Waals surface area contributed by atoms with Gasteiger partial charge < -0.3 is 15.4 Å². The predicted molar refractivity (Wildman–Crippen MR) is 90.1 cm³/mol. The molecule has 0 saturated carbocycles. The number of fused-ring (bicyclic) bond motifs is 1. The summed E-state index contributed by atoms with van der Waals surface area (Å²) in [4.78, 5) is 8.26. The van der Waals surface area contributed by atoms with Gasteiger partial charge in [0.05, 0.1) is 25.0 Å². The maximum absolute atomic E-state index is 14.4. The van der Waals surface area contributed by atoms with E-state index in [4.69, 9.17) is 4.74 Å². The average Bonchev–Trinajstić information content (AvgIpc) is 3.23. The van der Waals surface area contributed by atoms with Crippen molar-refractivity contribution in [3.05, 3.63) is 42.2 Å². The Morgan fingerprint density at radius 2 is 2.12 bits per heavy atom. The molecule has 0 amide bonds. The van der Waals surface area contributed by atoms with Crippen molar-refractivity contribution in [2.75, 3.05) is 25.5 Å². The largest absolute Gasteiger partial charge is 0.497 e. The lowest BCUT2D eigenvalue weighted by molar-refractivity contribution is 0.341. The molecule has 3 aromatic heterocycles. The molecule has 1 aliphatic rings. The maximum atomic E-state index is 14.4. The van der Waals surface area contributed by atoms with Gasteiger partial charge in [0.15, 0.2) is 17.5 Å². The van der Waals surface area contributed by atoms with Crippen molar-refractivity contribution in [3.63, 3.8) is 0 Å². The maximum Gasteiger partial charge on any atom is 0.168 e. The van der Waals surface area contributed by atoms with Crippen LogP contribution in [0.5, 0.6) is 5.75 Å². The van der Waals surface area contributed by atoms with E-state index in [1.165, 1.54) is 13.3 Å². The summed E-state index contributed by atoms with van der Waals surface area (Å²) in [6.45, 7) is 0.521. The summed E-state index contributed by atoms with van der Waals surface area (Å²) >= 11 is 0. The number of aromatic nitrogens is 3. The first kappa shape index (κ1) is 16.6. The monoisotopic (exact) mass is 363 g/mol. The Morgan fingerprint density at radius 3 is 2.85 bits per heavy atom. The lowest BCUT2D eigenvalue weighted by Gasteiger charge is -2.16. The van der Waals surface area contributed by atoms with E-state index in [2.05, 4.69) is 20.6 Å². The third kappa shape index (κ3) is 2.84. The van der Waals surface area contributed by atoms with Crippen LogP contribution in [0.4, 0.5) is 19.0 Å². The number of hydrogen-bond donors (Lipinski definition) is 2. The average molecular weight is 363 g/mol. The molecule has 1 aliphatic heterocycles. The van der Waals surface area contributed by atoms with Gasteiger partial charge in [0.2, 0.25) is 0 Å². The van der Waals surface area contributed by atoms with Crippen LogP contribution in [0.15, 0.2) is 30.6 Å². The molecule has 4 heterocycles. The van der Waals surface area contributed by atoms with Gasteiger partial charge in [0.25, 0.3) is 0 Å². The van der Waals surface area contributed by atoms with E-state index in [9.17, 15) is 13.2 Å². The van der Waals surface area contributed by atoms with Gasteiger partial charge in [0, 0.05) is 31.4 Å². The van der Waals surface area contributed by atoms with Gasteiger partial charge in [0.1, 0.15) is 23.3 Å². The quantitative estimate of drug-likeness (QED) is 0.745. The van der Waals surface area contributed by atoms with Crippen molar-refractivity contribution >= 4 is 11.5 Å². The molecule has 0 aromatic carbocycles. The molecule has 2 unspecified atom stereocenters. The Labute approximate surface area is 147 Å². The van der Waals surface area contributed by atoms with Gasteiger partial charge >= 0.3 is 0 Å². The summed E-state index contributed by atoms with van der Waals surface area (Å²) in [6.07, 6.45) is 1.93. The first-order valence-electron chi connectivity index (χ1n) is 8.05. The summed E-state index contributed by atoms with van der Waals surface area (Å²) in [6, 6.07) is 3.49. The van der Waals surface area contributed by atoms with Gasteiger partial charge in [-0.25, -0.2) is 23.1 Å². The number of nitrogens with zero attached hydrogens (tertiary/aromatic N) is 3. The number of anilines is 1. The van der Waals surface area contributed by atoms with Crippen molar-refractivity contribution in [1.82, 2.24) is 19.7 Å². The third-order valence-electron chi connectivity index (χ3n) is 4.35. The minimum atomic E-state index is -1.17. The third-order valence-corrected chi connectivity index (χ3v) is 4.35. The predicted octanol–water partition coefficient (Wildman–Crippen LogP) is 2.40. The van der Waals surface area contributed by atoms with E-state index in [-0.39, 0.29) is 18.1 Å². The molecule has 6 nitrogen and oxygen atoms in total. The standard InChI is InChI=1S/C17H16F3N5O/c1-26-9-2-3-25-14(8-22-15(25)4-9)16-10(18)5-11(19)17(24-16)23-13-7-21-6-12(13)20/h2-5,8,12-13,21H,6-7H2,1H3,(H,23,24). The topological polar surface area (TPSA) is 63.5 Å². The molecule has 0 radical (unpaired) electrons. The Bertz CT molecular complexity index is 961. The van der Waals surface area contributed by atoms with E-state index in [1.807, 2.05) is 0 Å².